The summed E-state index contributed by atoms with van der Waals surface area (Å²) in [5.74, 6) is -1.14. The summed E-state index contributed by atoms with van der Waals surface area (Å²) in [5.41, 5.74) is 0. The van der Waals surface area contributed by atoms with Crippen molar-refractivity contribution in [1.29, 1.82) is 0 Å². The quantitative estimate of drug-likeness (QED) is 0.731. The van der Waals surface area contributed by atoms with E-state index in [2.05, 4.69) is 5.32 Å². The van der Waals surface area contributed by atoms with Crippen molar-refractivity contribution in [3.63, 3.8) is 0 Å². The lowest BCUT2D eigenvalue weighted by atomic mass is 10.0. The molecular weight excluding hydrogens is 274 g/mol. The van der Waals surface area contributed by atoms with Crippen molar-refractivity contribution in [2.24, 2.45) is 5.92 Å². The van der Waals surface area contributed by atoms with Gasteiger partial charge in [0.25, 0.3) is 0 Å². The molecule has 7 heteroatoms. The molecule has 1 aliphatic heterocycles. The zero-order chi connectivity index (χ0) is 16.0. The van der Waals surface area contributed by atoms with Gasteiger partial charge in [-0.1, -0.05) is 13.8 Å². The summed E-state index contributed by atoms with van der Waals surface area (Å²) in [6.07, 6.45) is 0.740. The van der Waals surface area contributed by atoms with Gasteiger partial charge in [0.2, 0.25) is 11.8 Å². The first-order chi connectivity index (χ1) is 9.81. The van der Waals surface area contributed by atoms with Gasteiger partial charge < -0.3 is 15.3 Å². The van der Waals surface area contributed by atoms with E-state index in [1.165, 1.54) is 6.92 Å². The largest absolute Gasteiger partial charge is 0.480 e. The normalized spacial score (nSPS) is 18.2. The van der Waals surface area contributed by atoms with Crippen LogP contribution < -0.4 is 5.32 Å². The van der Waals surface area contributed by atoms with Crippen LogP contribution in [0.25, 0.3) is 0 Å². The minimum Gasteiger partial charge on any atom is -0.480 e. The van der Waals surface area contributed by atoms with Gasteiger partial charge in [0.15, 0.2) is 0 Å². The van der Waals surface area contributed by atoms with Crippen LogP contribution in [0.15, 0.2) is 0 Å². The number of nitrogens with one attached hydrogen (secondary N) is 1. The van der Waals surface area contributed by atoms with Gasteiger partial charge in [0.05, 0.1) is 6.54 Å². The minimum absolute atomic E-state index is 0.00132. The maximum Gasteiger partial charge on any atom is 0.317 e. The van der Waals surface area contributed by atoms with E-state index in [0.29, 0.717) is 26.2 Å². The third-order valence-corrected chi connectivity index (χ3v) is 3.55. The van der Waals surface area contributed by atoms with Crippen LogP contribution in [0.2, 0.25) is 0 Å². The molecule has 0 aromatic heterocycles. The molecule has 1 fully saturated rings. The van der Waals surface area contributed by atoms with Crippen molar-refractivity contribution in [1.82, 2.24) is 15.1 Å². The average molecular weight is 299 g/mol. The maximum atomic E-state index is 12.5. The van der Waals surface area contributed by atoms with Gasteiger partial charge >= 0.3 is 5.97 Å². The molecule has 0 aromatic carbocycles. The topological polar surface area (TPSA) is 90.0 Å². The second kappa shape index (κ2) is 7.97. The van der Waals surface area contributed by atoms with Crippen molar-refractivity contribution < 1.29 is 19.5 Å². The van der Waals surface area contributed by atoms with E-state index < -0.39 is 12.0 Å². The van der Waals surface area contributed by atoms with Crippen LogP contribution in [-0.2, 0) is 14.4 Å². The van der Waals surface area contributed by atoms with Crippen molar-refractivity contribution in [3.05, 3.63) is 0 Å². The van der Waals surface area contributed by atoms with E-state index in [4.69, 9.17) is 5.11 Å². The van der Waals surface area contributed by atoms with Gasteiger partial charge in [-0.3, -0.25) is 19.3 Å². The summed E-state index contributed by atoms with van der Waals surface area (Å²) in [5, 5.41) is 11.5. The lowest BCUT2D eigenvalue weighted by Crippen LogP contribution is -2.51. The van der Waals surface area contributed by atoms with E-state index >= 15 is 0 Å². The molecule has 7 nitrogen and oxygen atoms in total. The molecule has 21 heavy (non-hydrogen) atoms. The van der Waals surface area contributed by atoms with Crippen LogP contribution in [0, 0.1) is 5.92 Å². The monoisotopic (exact) mass is 299 g/mol. The van der Waals surface area contributed by atoms with Gasteiger partial charge in [0.1, 0.15) is 6.04 Å². The number of hydrogen-bond donors (Lipinski definition) is 2. The second-order valence-corrected chi connectivity index (χ2v) is 5.77. The zero-order valence-electron chi connectivity index (χ0n) is 13.0. The van der Waals surface area contributed by atoms with Crippen molar-refractivity contribution in [2.45, 2.75) is 33.2 Å². The number of carboxylic acids is 1. The number of rotatable bonds is 5. The fraction of sp³-hybridized carbons (Fsp3) is 0.786. The van der Waals surface area contributed by atoms with E-state index in [1.54, 1.807) is 4.90 Å². The lowest BCUT2D eigenvalue weighted by Gasteiger charge is -2.28. The molecule has 1 atom stereocenters. The van der Waals surface area contributed by atoms with Crippen LogP contribution in [0.5, 0.6) is 0 Å². The third kappa shape index (κ3) is 5.71. The van der Waals surface area contributed by atoms with E-state index in [0.717, 1.165) is 6.42 Å². The predicted octanol–water partition coefficient (Wildman–Crippen LogP) is -0.234. The van der Waals surface area contributed by atoms with Gasteiger partial charge in [-0.2, -0.15) is 0 Å². The first-order valence-electron chi connectivity index (χ1n) is 7.31. The Bertz CT molecular complexity index is 398. The SMILES string of the molecule is CC(=O)NC(C(=O)N1CCCN(CC(=O)O)CC1)C(C)C. The summed E-state index contributed by atoms with van der Waals surface area (Å²) in [4.78, 5) is 38.1. The van der Waals surface area contributed by atoms with Gasteiger partial charge in [0, 0.05) is 33.1 Å². The fourth-order valence-electron chi connectivity index (χ4n) is 2.47. The Morgan fingerprint density at radius 1 is 1.14 bits per heavy atom. The van der Waals surface area contributed by atoms with Crippen molar-refractivity contribution >= 4 is 17.8 Å². The summed E-state index contributed by atoms with van der Waals surface area (Å²) in [6, 6.07) is -0.520. The molecule has 1 saturated heterocycles. The number of carboxylic acid groups (broad SMARTS) is 1. The van der Waals surface area contributed by atoms with Crippen LogP contribution in [0.3, 0.4) is 0 Å². The van der Waals surface area contributed by atoms with Gasteiger partial charge in [-0.25, -0.2) is 0 Å². The molecule has 0 spiro atoms. The molecule has 1 heterocycles. The Kier molecular flexibility index (Phi) is 6.61. The summed E-state index contributed by atoms with van der Waals surface area (Å²) >= 11 is 0. The number of hydrogen-bond acceptors (Lipinski definition) is 4. The summed E-state index contributed by atoms with van der Waals surface area (Å²) < 4.78 is 0. The summed E-state index contributed by atoms with van der Waals surface area (Å²) in [6.45, 7) is 7.50. The predicted molar refractivity (Wildman–Crippen MR) is 77.7 cm³/mol. The number of amides is 2. The Hall–Kier alpha value is -1.63. The summed E-state index contributed by atoms with van der Waals surface area (Å²) in [7, 11) is 0. The molecule has 120 valence electrons. The fourth-order valence-corrected chi connectivity index (χ4v) is 2.47. The van der Waals surface area contributed by atoms with Crippen LogP contribution in [0.1, 0.15) is 27.2 Å². The van der Waals surface area contributed by atoms with Gasteiger partial charge in [-0.15, -0.1) is 0 Å². The van der Waals surface area contributed by atoms with Crippen molar-refractivity contribution in [3.8, 4) is 0 Å². The van der Waals surface area contributed by atoms with E-state index in [1.807, 2.05) is 18.7 Å². The molecule has 0 aromatic rings. The zero-order valence-corrected chi connectivity index (χ0v) is 13.0. The molecule has 0 radical (unpaired) electrons. The molecule has 0 aliphatic carbocycles. The van der Waals surface area contributed by atoms with Crippen LogP contribution in [-0.4, -0.2) is 71.5 Å². The molecule has 1 aliphatic rings. The highest BCUT2D eigenvalue weighted by molar-refractivity contribution is 5.87. The first kappa shape index (κ1) is 17.4. The average Bonchev–Trinajstić information content (AvgIpc) is 2.59. The molecular formula is C14H25N3O4. The Morgan fingerprint density at radius 2 is 1.81 bits per heavy atom. The number of aliphatic carboxylic acids is 1. The second-order valence-electron chi connectivity index (χ2n) is 5.77. The first-order valence-corrected chi connectivity index (χ1v) is 7.31. The molecule has 2 amide bonds. The molecule has 0 bridgehead atoms. The lowest BCUT2D eigenvalue weighted by molar-refractivity contribution is -0.138. The maximum absolute atomic E-state index is 12.5. The third-order valence-electron chi connectivity index (χ3n) is 3.55. The number of carbonyl (C=O) groups is 3. The van der Waals surface area contributed by atoms with E-state index in [9.17, 15) is 14.4 Å². The Labute approximate surface area is 125 Å². The highest BCUT2D eigenvalue weighted by Crippen LogP contribution is 2.10. The Morgan fingerprint density at radius 3 is 2.33 bits per heavy atom. The molecule has 1 unspecified atom stereocenters. The smallest absolute Gasteiger partial charge is 0.317 e. The molecule has 2 N–H and O–H groups in total. The van der Waals surface area contributed by atoms with E-state index in [-0.39, 0.29) is 24.3 Å². The standard InChI is InChI=1S/C14H25N3O4/c1-10(2)13(15-11(3)18)14(21)17-6-4-5-16(7-8-17)9-12(19)20/h10,13H,4-9H2,1-3H3,(H,15,18)(H,19,20). The van der Waals surface area contributed by atoms with Crippen LogP contribution >= 0.6 is 0 Å². The molecule has 0 saturated carbocycles. The highest BCUT2D eigenvalue weighted by atomic mass is 16.4. The van der Waals surface area contributed by atoms with Crippen molar-refractivity contribution in [2.75, 3.05) is 32.7 Å². The van der Waals surface area contributed by atoms with Crippen LogP contribution in [0.4, 0.5) is 0 Å². The Balaban J connectivity index is 2.64. The minimum atomic E-state index is -0.854. The highest BCUT2D eigenvalue weighted by Gasteiger charge is 2.29. The van der Waals surface area contributed by atoms with Gasteiger partial charge in [-0.05, 0) is 12.3 Å². The molecule has 1 rings (SSSR count). The number of carbonyl (C=O) groups excluding carboxylic acids is 2. The number of nitrogens with zero attached hydrogens (tertiary/aromatic N) is 2.